The van der Waals surface area contributed by atoms with E-state index < -0.39 is 0 Å². The number of piperidine rings is 1. The molecule has 23 heavy (non-hydrogen) atoms. The van der Waals surface area contributed by atoms with Gasteiger partial charge >= 0.3 is 0 Å². The fourth-order valence-electron chi connectivity index (χ4n) is 3.06. The number of aliphatic hydroxyl groups excluding tert-OH is 1. The van der Waals surface area contributed by atoms with E-state index in [1.165, 1.54) is 0 Å². The third-order valence-electron chi connectivity index (χ3n) is 4.35. The lowest BCUT2D eigenvalue weighted by molar-refractivity contribution is 0.145. The second-order valence-corrected chi connectivity index (χ2v) is 5.86. The summed E-state index contributed by atoms with van der Waals surface area (Å²) in [5.74, 6) is 1.23. The molecular weight excluding hydrogens is 292 g/mol. The molecule has 3 aromatic rings. The number of anilines is 1. The van der Waals surface area contributed by atoms with Crippen LogP contribution in [0.1, 0.15) is 12.8 Å². The molecule has 118 valence electrons. The molecule has 6 heteroatoms. The number of aromatic nitrogens is 3. The van der Waals surface area contributed by atoms with Gasteiger partial charge in [-0.1, -0.05) is 12.1 Å². The van der Waals surface area contributed by atoms with E-state index in [-0.39, 0.29) is 11.9 Å². The Morgan fingerprint density at radius 3 is 2.52 bits per heavy atom. The minimum absolute atomic E-state index is 0.200. The number of fused-ring (bicyclic) bond motifs is 1. The first-order valence-electron chi connectivity index (χ1n) is 7.77. The minimum atomic E-state index is -0.200. The molecule has 0 amide bonds. The van der Waals surface area contributed by atoms with E-state index in [9.17, 15) is 10.2 Å². The van der Waals surface area contributed by atoms with Gasteiger partial charge in [0.2, 0.25) is 0 Å². The van der Waals surface area contributed by atoms with Gasteiger partial charge in [0.1, 0.15) is 11.6 Å². The van der Waals surface area contributed by atoms with Crippen molar-refractivity contribution >= 4 is 11.5 Å². The fraction of sp³-hybridized carbons (Fsp3) is 0.294. The largest absolute Gasteiger partial charge is 0.508 e. The molecule has 1 fully saturated rings. The third kappa shape index (κ3) is 2.51. The van der Waals surface area contributed by atoms with Crippen LogP contribution >= 0.6 is 0 Å². The highest BCUT2D eigenvalue weighted by Crippen LogP contribution is 2.28. The van der Waals surface area contributed by atoms with E-state index in [2.05, 4.69) is 15.0 Å². The highest BCUT2D eigenvalue weighted by atomic mass is 16.3. The van der Waals surface area contributed by atoms with Crippen LogP contribution in [0.3, 0.4) is 0 Å². The first-order valence-corrected chi connectivity index (χ1v) is 7.77. The Hall–Kier alpha value is -2.60. The molecule has 2 N–H and O–H groups in total. The molecule has 1 aliphatic heterocycles. The topological polar surface area (TPSA) is 73.9 Å². The number of phenolic OH excluding ortho intramolecular Hbond substituents is 1. The van der Waals surface area contributed by atoms with Crippen LogP contribution in [0.15, 0.2) is 42.7 Å². The molecule has 0 aliphatic carbocycles. The lowest BCUT2D eigenvalue weighted by Crippen LogP contribution is -2.36. The number of phenols is 1. The van der Waals surface area contributed by atoms with E-state index in [0.29, 0.717) is 0 Å². The Labute approximate surface area is 133 Å². The Balaban J connectivity index is 1.76. The first-order chi connectivity index (χ1) is 11.2. The van der Waals surface area contributed by atoms with Crippen molar-refractivity contribution in [1.29, 1.82) is 0 Å². The van der Waals surface area contributed by atoms with E-state index in [0.717, 1.165) is 48.5 Å². The summed E-state index contributed by atoms with van der Waals surface area (Å²) in [5.41, 5.74) is 2.69. The van der Waals surface area contributed by atoms with Crippen LogP contribution in [0.2, 0.25) is 0 Å². The SMILES string of the molecule is Oc1ccc(-c2cnn3c(N4CCC(O)CC4)ccnc23)cc1. The van der Waals surface area contributed by atoms with E-state index >= 15 is 0 Å². The number of hydrogen-bond donors (Lipinski definition) is 2. The Morgan fingerprint density at radius 1 is 1.04 bits per heavy atom. The standard InChI is InChI=1S/C17H18N4O2/c22-13-3-1-12(2-4-13)15-11-19-21-16(5-8-18-17(15)21)20-9-6-14(23)7-10-20/h1-5,8,11,14,22-23H,6-7,9-10H2. The summed E-state index contributed by atoms with van der Waals surface area (Å²) in [6, 6.07) is 9.00. The van der Waals surface area contributed by atoms with Gasteiger partial charge in [-0.2, -0.15) is 9.61 Å². The van der Waals surface area contributed by atoms with Gasteiger partial charge < -0.3 is 15.1 Å². The number of hydrogen-bond acceptors (Lipinski definition) is 5. The third-order valence-corrected chi connectivity index (χ3v) is 4.35. The first kappa shape index (κ1) is 14.0. The molecule has 0 spiro atoms. The monoisotopic (exact) mass is 310 g/mol. The Bertz CT molecular complexity index is 820. The van der Waals surface area contributed by atoms with Crippen LogP contribution < -0.4 is 4.90 Å². The highest BCUT2D eigenvalue weighted by molar-refractivity contribution is 5.78. The van der Waals surface area contributed by atoms with Gasteiger partial charge in [-0.15, -0.1) is 0 Å². The molecule has 1 aromatic carbocycles. The molecular formula is C17H18N4O2. The van der Waals surface area contributed by atoms with Gasteiger partial charge in [-0.25, -0.2) is 4.98 Å². The fourth-order valence-corrected chi connectivity index (χ4v) is 3.06. The Kier molecular flexibility index (Phi) is 3.38. The molecule has 1 saturated heterocycles. The van der Waals surface area contributed by atoms with Gasteiger partial charge in [-0.3, -0.25) is 0 Å². The van der Waals surface area contributed by atoms with Crippen LogP contribution in [-0.4, -0.2) is 44.0 Å². The molecule has 0 radical (unpaired) electrons. The molecule has 0 bridgehead atoms. The van der Waals surface area contributed by atoms with Gasteiger partial charge in [0.15, 0.2) is 5.65 Å². The van der Waals surface area contributed by atoms with Gasteiger partial charge in [-0.05, 0) is 36.6 Å². The zero-order valence-electron chi connectivity index (χ0n) is 12.6. The van der Waals surface area contributed by atoms with E-state index in [1.807, 2.05) is 22.7 Å². The second kappa shape index (κ2) is 5.55. The van der Waals surface area contributed by atoms with Crippen LogP contribution in [-0.2, 0) is 0 Å². The van der Waals surface area contributed by atoms with Crippen molar-refractivity contribution in [3.05, 3.63) is 42.7 Å². The van der Waals surface area contributed by atoms with Crippen molar-refractivity contribution in [3.8, 4) is 16.9 Å². The molecule has 1 aliphatic rings. The molecule has 0 saturated carbocycles. The smallest absolute Gasteiger partial charge is 0.165 e. The van der Waals surface area contributed by atoms with Crippen molar-refractivity contribution < 1.29 is 10.2 Å². The summed E-state index contributed by atoms with van der Waals surface area (Å²) >= 11 is 0. The summed E-state index contributed by atoms with van der Waals surface area (Å²) < 4.78 is 1.85. The highest BCUT2D eigenvalue weighted by Gasteiger charge is 2.20. The predicted octanol–water partition coefficient (Wildman–Crippen LogP) is 2.06. The zero-order chi connectivity index (χ0) is 15.8. The lowest BCUT2D eigenvalue weighted by Gasteiger charge is -2.31. The predicted molar refractivity (Wildman–Crippen MR) is 87.5 cm³/mol. The maximum atomic E-state index is 9.68. The van der Waals surface area contributed by atoms with Crippen molar-refractivity contribution in [2.24, 2.45) is 0 Å². The number of aromatic hydroxyl groups is 1. The van der Waals surface area contributed by atoms with Crippen molar-refractivity contribution in [2.45, 2.75) is 18.9 Å². The van der Waals surface area contributed by atoms with Gasteiger partial charge in [0, 0.05) is 24.8 Å². The van der Waals surface area contributed by atoms with E-state index in [4.69, 9.17) is 0 Å². The molecule has 0 atom stereocenters. The van der Waals surface area contributed by atoms with Gasteiger partial charge in [0.05, 0.1) is 12.3 Å². The summed E-state index contributed by atoms with van der Waals surface area (Å²) in [6.45, 7) is 1.63. The average molecular weight is 310 g/mol. The van der Waals surface area contributed by atoms with E-state index in [1.54, 1.807) is 24.5 Å². The molecule has 3 heterocycles. The number of aliphatic hydroxyl groups is 1. The lowest BCUT2D eigenvalue weighted by atomic mass is 10.1. The number of nitrogens with zero attached hydrogens (tertiary/aromatic N) is 4. The molecule has 4 rings (SSSR count). The quantitative estimate of drug-likeness (QED) is 0.758. The summed E-state index contributed by atoms with van der Waals surface area (Å²) in [7, 11) is 0. The maximum absolute atomic E-state index is 9.68. The average Bonchev–Trinajstić information content (AvgIpc) is 3.00. The second-order valence-electron chi connectivity index (χ2n) is 5.86. The van der Waals surface area contributed by atoms with Crippen molar-refractivity contribution in [2.75, 3.05) is 18.0 Å². The van der Waals surface area contributed by atoms with Crippen LogP contribution in [0, 0.1) is 0 Å². The Morgan fingerprint density at radius 2 is 1.78 bits per heavy atom. The normalized spacial score (nSPS) is 16.1. The summed E-state index contributed by atoms with van der Waals surface area (Å²) in [5, 5.41) is 23.6. The summed E-state index contributed by atoms with van der Waals surface area (Å²) in [6.07, 6.45) is 4.94. The molecule has 6 nitrogen and oxygen atoms in total. The van der Waals surface area contributed by atoms with Crippen molar-refractivity contribution in [3.63, 3.8) is 0 Å². The number of benzene rings is 1. The van der Waals surface area contributed by atoms with Crippen LogP contribution in [0.4, 0.5) is 5.82 Å². The van der Waals surface area contributed by atoms with Crippen molar-refractivity contribution in [1.82, 2.24) is 14.6 Å². The number of rotatable bonds is 2. The van der Waals surface area contributed by atoms with Gasteiger partial charge in [0.25, 0.3) is 0 Å². The maximum Gasteiger partial charge on any atom is 0.165 e. The summed E-state index contributed by atoms with van der Waals surface area (Å²) in [4.78, 5) is 6.70. The molecule has 2 aromatic heterocycles. The zero-order valence-corrected chi connectivity index (χ0v) is 12.6. The minimum Gasteiger partial charge on any atom is -0.508 e. The molecule has 0 unspecified atom stereocenters. The van der Waals surface area contributed by atoms with Crippen LogP contribution in [0.5, 0.6) is 5.75 Å². The van der Waals surface area contributed by atoms with Crippen LogP contribution in [0.25, 0.3) is 16.8 Å².